The van der Waals surface area contributed by atoms with Gasteiger partial charge < -0.3 is 25.1 Å². The lowest BCUT2D eigenvalue weighted by Crippen LogP contribution is -2.65. The molecule has 208 valence electrons. The lowest BCUT2D eigenvalue weighted by molar-refractivity contribution is -0.188. The van der Waals surface area contributed by atoms with E-state index in [1.54, 1.807) is 77.9 Å². The van der Waals surface area contributed by atoms with E-state index in [-0.39, 0.29) is 28.4 Å². The molecule has 2 aromatic rings. The lowest BCUT2D eigenvalue weighted by Gasteiger charge is -2.42. The molecule has 10 nitrogen and oxygen atoms in total. The molecule has 1 heterocycles. The van der Waals surface area contributed by atoms with Crippen molar-refractivity contribution in [3.63, 3.8) is 0 Å². The Kier molecular flexibility index (Phi) is 6.54. The maximum Gasteiger partial charge on any atom is 0.437 e. The van der Waals surface area contributed by atoms with Gasteiger partial charge in [0.15, 0.2) is 0 Å². The van der Waals surface area contributed by atoms with Crippen LogP contribution in [0.25, 0.3) is 0 Å². The molecule has 0 saturated carbocycles. The number of hydrogen-bond donors (Lipinski definition) is 2. The quantitative estimate of drug-likeness (QED) is 0.406. The van der Waals surface area contributed by atoms with E-state index in [1.165, 1.54) is 6.07 Å². The highest BCUT2D eigenvalue weighted by molar-refractivity contribution is 6.15. The van der Waals surface area contributed by atoms with Crippen molar-refractivity contribution in [1.29, 1.82) is 0 Å². The number of ketones is 1. The van der Waals surface area contributed by atoms with Gasteiger partial charge in [0.05, 0.1) is 0 Å². The molecule has 2 aliphatic rings. The van der Waals surface area contributed by atoms with Gasteiger partial charge in [-0.2, -0.15) is 0 Å². The highest BCUT2D eigenvalue weighted by atomic mass is 16.6. The largest absolute Gasteiger partial charge is 0.454 e. The maximum absolute atomic E-state index is 14.4. The molecule has 0 radical (unpaired) electrons. The van der Waals surface area contributed by atoms with E-state index in [0.717, 1.165) is 5.56 Å². The van der Waals surface area contributed by atoms with E-state index in [9.17, 15) is 19.5 Å². The summed E-state index contributed by atoms with van der Waals surface area (Å²) >= 11 is 0. The number of nitrogens with two attached hydrogens (primary N) is 1. The molecule has 2 unspecified atom stereocenters. The number of fused-ring (bicyclic) bond motifs is 5. The van der Waals surface area contributed by atoms with Crippen molar-refractivity contribution in [2.24, 2.45) is 10.7 Å². The minimum Gasteiger partial charge on any atom is -0.454 e. The molecule has 0 aromatic heterocycles. The minimum atomic E-state index is -2.41. The summed E-state index contributed by atoms with van der Waals surface area (Å²) in [6.45, 7) is 13.8. The van der Waals surface area contributed by atoms with E-state index in [1.807, 2.05) is 13.8 Å². The van der Waals surface area contributed by atoms with E-state index in [4.69, 9.17) is 19.9 Å². The summed E-state index contributed by atoms with van der Waals surface area (Å²) in [5.41, 5.74) is 3.41. The second-order valence-electron chi connectivity index (χ2n) is 12.0. The SMILES string of the molecule is CC(C)c1ccc2c(c1)OC1(O)c3ccccc3C(=O)C21N(C(=O)OC(C)(C)C)C(N)=NC(=O)OC(C)(C)C. The average Bonchev–Trinajstić information content (AvgIpc) is 3.14. The molecular formula is C29H35N3O7. The van der Waals surface area contributed by atoms with Crippen molar-refractivity contribution in [1.82, 2.24) is 4.90 Å². The Morgan fingerprint density at radius 3 is 2.21 bits per heavy atom. The number of rotatable bonds is 2. The number of benzene rings is 2. The van der Waals surface area contributed by atoms with Crippen LogP contribution in [0.15, 0.2) is 47.5 Å². The molecule has 0 bridgehead atoms. The van der Waals surface area contributed by atoms with Gasteiger partial charge in [0, 0.05) is 16.7 Å². The van der Waals surface area contributed by atoms with Crippen LogP contribution in [0, 0.1) is 0 Å². The first-order valence-electron chi connectivity index (χ1n) is 12.7. The zero-order chi connectivity index (χ0) is 29.1. The summed E-state index contributed by atoms with van der Waals surface area (Å²) in [4.78, 5) is 45.5. The monoisotopic (exact) mass is 537 g/mol. The summed E-state index contributed by atoms with van der Waals surface area (Å²) in [7, 11) is 0. The Morgan fingerprint density at radius 1 is 1.00 bits per heavy atom. The molecule has 2 atom stereocenters. The van der Waals surface area contributed by atoms with Crippen molar-refractivity contribution < 1.29 is 33.7 Å². The van der Waals surface area contributed by atoms with Crippen LogP contribution < -0.4 is 10.5 Å². The summed E-state index contributed by atoms with van der Waals surface area (Å²) in [6.07, 6.45) is -2.21. The van der Waals surface area contributed by atoms with E-state index >= 15 is 0 Å². The summed E-state index contributed by atoms with van der Waals surface area (Å²) < 4.78 is 17.1. The molecule has 1 aliphatic heterocycles. The van der Waals surface area contributed by atoms with Crippen molar-refractivity contribution >= 4 is 23.9 Å². The Hall–Kier alpha value is -3.92. The molecule has 0 saturated heterocycles. The van der Waals surface area contributed by atoms with Gasteiger partial charge in [-0.3, -0.25) is 4.79 Å². The van der Waals surface area contributed by atoms with Crippen molar-refractivity contribution in [2.75, 3.05) is 0 Å². The summed E-state index contributed by atoms with van der Waals surface area (Å²) in [5.74, 6) is -3.50. The number of Topliss-reactive ketones (excluding diaryl/α,β-unsaturated/α-hetero) is 1. The topological polar surface area (TPSA) is 141 Å². The molecule has 10 heteroatoms. The van der Waals surface area contributed by atoms with Crippen molar-refractivity contribution in [3.05, 3.63) is 64.7 Å². The number of guanidine groups is 1. The van der Waals surface area contributed by atoms with E-state index < -0.39 is 46.5 Å². The van der Waals surface area contributed by atoms with Crippen LogP contribution in [0.2, 0.25) is 0 Å². The summed E-state index contributed by atoms with van der Waals surface area (Å²) in [6, 6.07) is 11.4. The van der Waals surface area contributed by atoms with Crippen LogP contribution in [0.5, 0.6) is 5.75 Å². The third kappa shape index (κ3) is 4.52. The van der Waals surface area contributed by atoms with Gasteiger partial charge in [0.1, 0.15) is 17.0 Å². The van der Waals surface area contributed by atoms with Crippen LogP contribution in [0.4, 0.5) is 9.59 Å². The Morgan fingerprint density at radius 2 is 1.62 bits per heavy atom. The van der Waals surface area contributed by atoms with E-state index in [0.29, 0.717) is 4.90 Å². The molecule has 3 N–H and O–H groups in total. The maximum atomic E-state index is 14.4. The van der Waals surface area contributed by atoms with Crippen LogP contribution in [0.3, 0.4) is 0 Å². The predicted molar refractivity (Wildman–Crippen MR) is 143 cm³/mol. The first-order chi connectivity index (χ1) is 17.9. The molecule has 0 spiro atoms. The first-order valence-corrected chi connectivity index (χ1v) is 12.7. The molecular weight excluding hydrogens is 502 g/mol. The standard InChI is InChI=1S/C29H35N3O7/c1-16(2)17-13-14-20-21(15-17)37-29(36)19-12-10-9-11-18(19)22(33)28(20,29)32(25(35)39-27(6,7)8)23(30)31-24(34)38-26(3,4)5/h9-16,36H,1-8H3,(H2,30,31,34). The van der Waals surface area contributed by atoms with Crippen LogP contribution in [-0.4, -0.2) is 45.1 Å². The smallest absolute Gasteiger partial charge is 0.437 e. The molecule has 1 aliphatic carbocycles. The second kappa shape index (κ2) is 9.08. The van der Waals surface area contributed by atoms with Gasteiger partial charge in [0.2, 0.25) is 17.3 Å². The minimum absolute atomic E-state index is 0.105. The number of carbonyl (C=O) groups excluding carboxylic acids is 3. The number of hydrogen-bond acceptors (Lipinski definition) is 7. The highest BCUT2D eigenvalue weighted by Gasteiger charge is 2.75. The summed E-state index contributed by atoms with van der Waals surface area (Å²) in [5, 5.41) is 12.3. The van der Waals surface area contributed by atoms with Gasteiger partial charge in [-0.25, -0.2) is 14.5 Å². The molecule has 2 amide bonds. The van der Waals surface area contributed by atoms with Gasteiger partial charge >= 0.3 is 12.2 Å². The van der Waals surface area contributed by atoms with Crippen LogP contribution in [0.1, 0.15) is 88.4 Å². The lowest BCUT2D eigenvalue weighted by atomic mass is 9.81. The third-order valence-corrected chi connectivity index (χ3v) is 6.42. The Balaban J connectivity index is 2.03. The normalized spacial score (nSPS) is 22.1. The number of aliphatic hydroxyl groups is 1. The van der Waals surface area contributed by atoms with E-state index in [2.05, 4.69) is 4.99 Å². The highest BCUT2D eigenvalue weighted by Crippen LogP contribution is 2.61. The number of carbonyl (C=O) groups is 3. The fourth-order valence-electron chi connectivity index (χ4n) is 4.91. The van der Waals surface area contributed by atoms with Gasteiger partial charge in [-0.1, -0.05) is 50.2 Å². The second-order valence-corrected chi connectivity index (χ2v) is 12.0. The van der Waals surface area contributed by atoms with Crippen molar-refractivity contribution in [3.8, 4) is 5.75 Å². The molecule has 0 fully saturated rings. The zero-order valence-electron chi connectivity index (χ0n) is 23.5. The van der Waals surface area contributed by atoms with Gasteiger partial charge in [0.25, 0.3) is 5.79 Å². The predicted octanol–water partition coefficient (Wildman–Crippen LogP) is 4.93. The average molecular weight is 538 g/mol. The molecule has 4 rings (SSSR count). The molecule has 39 heavy (non-hydrogen) atoms. The molecule has 2 aromatic carbocycles. The first kappa shape index (κ1) is 28.1. The third-order valence-electron chi connectivity index (χ3n) is 6.42. The van der Waals surface area contributed by atoms with Gasteiger partial charge in [-0.15, -0.1) is 4.99 Å². The Bertz CT molecular complexity index is 1390. The fraction of sp³-hybridized carbons (Fsp3) is 0.448. The van der Waals surface area contributed by atoms with Crippen LogP contribution in [-0.2, 0) is 20.8 Å². The number of ether oxygens (including phenoxy) is 3. The number of amides is 2. The van der Waals surface area contributed by atoms with Gasteiger partial charge in [-0.05, 0) is 59.1 Å². The zero-order valence-corrected chi connectivity index (χ0v) is 23.5. The number of nitrogens with zero attached hydrogens (tertiary/aromatic N) is 2. The van der Waals surface area contributed by atoms with Crippen molar-refractivity contribution in [2.45, 2.75) is 83.8 Å². The fourth-order valence-corrected chi connectivity index (χ4v) is 4.91. The van der Waals surface area contributed by atoms with Crippen LogP contribution >= 0.6 is 0 Å². The number of aliphatic imine (C=N–C) groups is 1. The Labute approximate surface area is 227 Å².